The van der Waals surface area contributed by atoms with Gasteiger partial charge in [0.05, 0.1) is 0 Å². The number of carbonyl (C=O) groups is 2. The van der Waals surface area contributed by atoms with E-state index in [1.165, 1.54) is 0 Å². The summed E-state index contributed by atoms with van der Waals surface area (Å²) in [6, 6.07) is 0. The maximum atomic E-state index is 10.3. The Morgan fingerprint density at radius 2 is 1.62 bits per heavy atom. The Morgan fingerprint density at radius 3 is 1.88 bits per heavy atom. The van der Waals surface area contributed by atoms with E-state index in [4.69, 9.17) is 0 Å². The molecule has 1 aliphatic rings. The first-order valence-electron chi connectivity index (χ1n) is 2.62. The molecule has 1 rings (SSSR count). The van der Waals surface area contributed by atoms with Crippen LogP contribution in [0.2, 0.25) is 0 Å². The van der Waals surface area contributed by atoms with Gasteiger partial charge in [-0.15, -0.1) is 0 Å². The van der Waals surface area contributed by atoms with Crippen molar-refractivity contribution in [1.82, 2.24) is 0 Å². The Morgan fingerprint density at radius 1 is 1.12 bits per heavy atom. The molecule has 2 radical (unpaired) electrons. The molecule has 2 heteroatoms. The van der Waals surface area contributed by atoms with Gasteiger partial charge >= 0.3 is 0 Å². The van der Waals surface area contributed by atoms with Crippen LogP contribution in [-0.4, -0.2) is 11.6 Å². The molecule has 0 aliphatic heterocycles. The highest BCUT2D eigenvalue weighted by Gasteiger charge is 2.16. The lowest BCUT2D eigenvalue weighted by atomic mass is 9.98. The summed E-state index contributed by atoms with van der Waals surface area (Å²) in [7, 11) is 0. The third kappa shape index (κ3) is 1.15. The predicted octanol–water partition coefficient (Wildman–Crippen LogP) is 0.390. The van der Waals surface area contributed by atoms with E-state index in [1.54, 1.807) is 0 Å². The highest BCUT2D eigenvalue weighted by atomic mass is 16.1. The van der Waals surface area contributed by atoms with Crippen molar-refractivity contribution in [3.8, 4) is 0 Å². The lowest BCUT2D eigenvalue weighted by Gasteiger charge is -2.03. The summed E-state index contributed by atoms with van der Waals surface area (Å²) in [4.78, 5) is 20.7. The molecule has 0 bridgehead atoms. The highest BCUT2D eigenvalue weighted by molar-refractivity contribution is 6.12. The first-order chi connectivity index (χ1) is 3.79. The van der Waals surface area contributed by atoms with Gasteiger partial charge in [-0.3, -0.25) is 9.59 Å². The minimum atomic E-state index is -0.138. The molecule has 0 aromatic heterocycles. The second-order valence-corrected chi connectivity index (χ2v) is 1.82. The summed E-state index contributed by atoms with van der Waals surface area (Å²) in [5.41, 5.74) is 0. The molecule has 1 saturated carbocycles. The predicted molar refractivity (Wildman–Crippen MR) is 27.1 cm³/mol. The fourth-order valence-electron chi connectivity index (χ4n) is 0.690. The van der Waals surface area contributed by atoms with E-state index in [9.17, 15) is 9.59 Å². The zero-order valence-electron chi connectivity index (χ0n) is 4.44. The van der Waals surface area contributed by atoms with E-state index < -0.39 is 0 Å². The Labute approximate surface area is 47.9 Å². The average Bonchev–Trinajstić information content (AvgIpc) is 1.64. The van der Waals surface area contributed by atoms with Crippen LogP contribution in [-0.2, 0) is 9.59 Å². The van der Waals surface area contributed by atoms with Gasteiger partial charge in [0.1, 0.15) is 18.0 Å². The van der Waals surface area contributed by atoms with Crippen molar-refractivity contribution in [3.05, 3.63) is 6.42 Å². The topological polar surface area (TPSA) is 34.1 Å². The molecule has 1 fully saturated rings. The van der Waals surface area contributed by atoms with Gasteiger partial charge in [-0.05, 0) is 6.42 Å². The van der Waals surface area contributed by atoms with Crippen LogP contribution < -0.4 is 0 Å². The number of rotatable bonds is 0. The van der Waals surface area contributed by atoms with Gasteiger partial charge in [-0.2, -0.15) is 0 Å². The number of ketones is 2. The van der Waals surface area contributed by atoms with Gasteiger partial charge in [0.2, 0.25) is 0 Å². The molecule has 0 aromatic rings. The van der Waals surface area contributed by atoms with Gasteiger partial charge in [0.25, 0.3) is 0 Å². The van der Waals surface area contributed by atoms with E-state index in [0.29, 0.717) is 19.3 Å². The lowest BCUT2D eigenvalue weighted by Crippen LogP contribution is -2.14. The Hall–Kier alpha value is -0.660. The second kappa shape index (κ2) is 2.07. The standard InChI is InChI=1S/C6H6O2/c7-5-2-1-3-6(8)4-5/h1-3H2. The summed E-state index contributed by atoms with van der Waals surface area (Å²) in [5.74, 6) is -0.275. The van der Waals surface area contributed by atoms with Crippen molar-refractivity contribution in [1.29, 1.82) is 0 Å². The van der Waals surface area contributed by atoms with Crippen molar-refractivity contribution in [3.63, 3.8) is 0 Å². The molecule has 2 nitrogen and oxygen atoms in total. The molecule has 0 atom stereocenters. The van der Waals surface area contributed by atoms with Gasteiger partial charge < -0.3 is 0 Å². The number of Topliss-reactive ketones (excluding diaryl/α,β-unsaturated/α-hetero) is 2. The molecule has 0 saturated heterocycles. The van der Waals surface area contributed by atoms with Gasteiger partial charge in [-0.25, -0.2) is 0 Å². The maximum Gasteiger partial charge on any atom is 0.149 e. The van der Waals surface area contributed by atoms with Crippen molar-refractivity contribution >= 4 is 11.6 Å². The van der Waals surface area contributed by atoms with Gasteiger partial charge in [0.15, 0.2) is 0 Å². The number of hydrogen-bond donors (Lipinski definition) is 0. The Balaban J connectivity index is 2.45. The maximum absolute atomic E-state index is 10.3. The smallest absolute Gasteiger partial charge is 0.149 e. The van der Waals surface area contributed by atoms with Crippen LogP contribution in [0.15, 0.2) is 0 Å². The van der Waals surface area contributed by atoms with Crippen molar-refractivity contribution in [2.45, 2.75) is 19.3 Å². The summed E-state index contributed by atoms with van der Waals surface area (Å²) < 4.78 is 0. The van der Waals surface area contributed by atoms with Crippen LogP contribution in [0, 0.1) is 6.42 Å². The fourth-order valence-corrected chi connectivity index (χ4v) is 0.690. The van der Waals surface area contributed by atoms with Crippen LogP contribution in [0.1, 0.15) is 19.3 Å². The van der Waals surface area contributed by atoms with Crippen molar-refractivity contribution < 1.29 is 9.59 Å². The molecular weight excluding hydrogens is 104 g/mol. The summed E-state index contributed by atoms with van der Waals surface area (Å²) in [6.07, 6.45) is 3.93. The summed E-state index contributed by atoms with van der Waals surface area (Å²) in [5, 5.41) is 0. The molecule has 0 aromatic carbocycles. The normalized spacial score (nSPS) is 21.5. The first-order valence-corrected chi connectivity index (χ1v) is 2.62. The number of carbonyl (C=O) groups excluding carboxylic acids is 2. The molecule has 0 amide bonds. The zero-order chi connectivity index (χ0) is 5.98. The number of hydrogen-bond acceptors (Lipinski definition) is 2. The van der Waals surface area contributed by atoms with Gasteiger partial charge in [-0.1, -0.05) is 0 Å². The lowest BCUT2D eigenvalue weighted by molar-refractivity contribution is -0.124. The van der Waals surface area contributed by atoms with E-state index in [2.05, 4.69) is 6.42 Å². The van der Waals surface area contributed by atoms with Crippen LogP contribution in [0.3, 0.4) is 0 Å². The molecule has 1 aliphatic carbocycles. The fraction of sp³-hybridized carbons (Fsp3) is 0.500. The van der Waals surface area contributed by atoms with Crippen LogP contribution in [0.25, 0.3) is 0 Å². The molecule has 0 spiro atoms. The minimum Gasteiger partial charge on any atom is -0.298 e. The average molecular weight is 110 g/mol. The summed E-state index contributed by atoms with van der Waals surface area (Å²) >= 11 is 0. The third-order valence-electron chi connectivity index (χ3n) is 1.09. The van der Waals surface area contributed by atoms with Crippen LogP contribution in [0.4, 0.5) is 0 Å². The van der Waals surface area contributed by atoms with E-state index >= 15 is 0 Å². The Kier molecular flexibility index (Phi) is 1.42. The van der Waals surface area contributed by atoms with E-state index in [-0.39, 0.29) is 11.6 Å². The monoisotopic (exact) mass is 110 g/mol. The van der Waals surface area contributed by atoms with Crippen molar-refractivity contribution in [2.75, 3.05) is 0 Å². The van der Waals surface area contributed by atoms with Crippen LogP contribution in [0.5, 0.6) is 0 Å². The molecule has 0 unspecified atom stereocenters. The van der Waals surface area contributed by atoms with Crippen LogP contribution >= 0.6 is 0 Å². The molecule has 42 valence electrons. The zero-order valence-corrected chi connectivity index (χ0v) is 4.44. The first kappa shape index (κ1) is 5.48. The quantitative estimate of drug-likeness (QED) is 0.452. The second-order valence-electron chi connectivity index (χ2n) is 1.82. The SMILES string of the molecule is O=C1[C]C(=O)CCC1. The highest BCUT2D eigenvalue weighted by Crippen LogP contribution is 2.08. The summed E-state index contributed by atoms with van der Waals surface area (Å²) in [6.45, 7) is 0. The molecule has 0 N–H and O–H groups in total. The third-order valence-corrected chi connectivity index (χ3v) is 1.09. The molecular formula is C6H6O2. The van der Waals surface area contributed by atoms with Crippen molar-refractivity contribution in [2.24, 2.45) is 0 Å². The van der Waals surface area contributed by atoms with Gasteiger partial charge in [0, 0.05) is 12.8 Å². The largest absolute Gasteiger partial charge is 0.298 e. The van der Waals surface area contributed by atoms with E-state index in [0.717, 1.165) is 0 Å². The molecule has 0 heterocycles. The van der Waals surface area contributed by atoms with E-state index in [1.807, 2.05) is 0 Å². The Bertz CT molecular complexity index is 112. The minimum absolute atomic E-state index is 0.138. The molecule has 8 heavy (non-hydrogen) atoms.